The fourth-order valence-electron chi connectivity index (χ4n) is 3.36. The molecule has 0 aliphatic carbocycles. The molecule has 0 saturated heterocycles. The number of halogens is 1. The van der Waals surface area contributed by atoms with Crippen LogP contribution in [0.25, 0.3) is 22.2 Å². The van der Waals surface area contributed by atoms with Crippen molar-refractivity contribution in [1.82, 2.24) is 19.9 Å². The number of aromatic nitrogens is 3. The van der Waals surface area contributed by atoms with Crippen LogP contribution < -0.4 is 5.32 Å². The van der Waals surface area contributed by atoms with E-state index in [1.165, 1.54) is 0 Å². The van der Waals surface area contributed by atoms with Crippen LogP contribution in [0, 0.1) is 11.3 Å². The lowest BCUT2D eigenvalue weighted by molar-refractivity contribution is 0.0950. The number of fused-ring (bicyclic) bond motifs is 1. The summed E-state index contributed by atoms with van der Waals surface area (Å²) in [6.45, 7) is 6.55. The van der Waals surface area contributed by atoms with Crippen molar-refractivity contribution in [3.05, 3.63) is 76.8 Å². The molecule has 0 aliphatic heterocycles. The maximum Gasteiger partial charge on any atom is 0.253 e. The molecule has 0 radical (unpaired) electrons. The van der Waals surface area contributed by atoms with Crippen LogP contribution in [0.5, 0.6) is 0 Å². The molecule has 2 aromatic carbocycles. The highest BCUT2D eigenvalue weighted by Gasteiger charge is 2.15. The van der Waals surface area contributed by atoms with E-state index in [0.29, 0.717) is 28.5 Å². The summed E-state index contributed by atoms with van der Waals surface area (Å²) < 4.78 is 2.01. The van der Waals surface area contributed by atoms with Crippen molar-refractivity contribution in [3.8, 4) is 17.2 Å². The number of imidazole rings is 1. The van der Waals surface area contributed by atoms with Gasteiger partial charge in [0.2, 0.25) is 0 Å². The Morgan fingerprint density at radius 3 is 2.71 bits per heavy atom. The summed E-state index contributed by atoms with van der Waals surface area (Å²) in [5, 5.41) is 12.6. The normalized spacial score (nSPS) is 11.5. The largest absolute Gasteiger partial charge is 0.348 e. The first-order valence-electron chi connectivity index (χ1n) is 9.89. The molecule has 156 valence electrons. The van der Waals surface area contributed by atoms with Crippen molar-refractivity contribution in [1.29, 1.82) is 5.26 Å². The molecular weight excluding hydrogens is 410 g/mol. The molecular formula is C24H22ClN5O. The topological polar surface area (TPSA) is 86.5 Å². The summed E-state index contributed by atoms with van der Waals surface area (Å²) in [5.41, 5.74) is 4.48. The molecule has 0 atom stereocenters. The number of rotatable bonds is 4. The zero-order valence-corrected chi connectivity index (χ0v) is 18.3. The van der Waals surface area contributed by atoms with Crippen LogP contribution in [0.4, 0.5) is 0 Å². The Morgan fingerprint density at radius 1 is 1.19 bits per heavy atom. The van der Waals surface area contributed by atoms with Gasteiger partial charge in [-0.25, -0.2) is 4.98 Å². The van der Waals surface area contributed by atoms with E-state index in [9.17, 15) is 10.1 Å². The summed E-state index contributed by atoms with van der Waals surface area (Å²) in [6, 6.07) is 15.0. The number of nitrogens with one attached hydrogen (secondary N) is 2. The summed E-state index contributed by atoms with van der Waals surface area (Å²) in [5.74, 6) is 0.520. The first-order chi connectivity index (χ1) is 14.7. The zero-order chi connectivity index (χ0) is 22.2. The number of carbonyl (C=O) groups is 1. The summed E-state index contributed by atoms with van der Waals surface area (Å²) in [7, 11) is 0. The Labute approximate surface area is 185 Å². The monoisotopic (exact) mass is 431 g/mol. The summed E-state index contributed by atoms with van der Waals surface area (Å²) >= 11 is 6.14. The first kappa shape index (κ1) is 20.7. The maximum atomic E-state index is 12.5. The van der Waals surface area contributed by atoms with Crippen LogP contribution in [-0.4, -0.2) is 20.4 Å². The molecule has 6 nitrogen and oxygen atoms in total. The number of nitriles is 1. The van der Waals surface area contributed by atoms with Crippen LogP contribution in [0.1, 0.15) is 42.5 Å². The number of carbonyl (C=O) groups excluding carboxylic acids is 1. The van der Waals surface area contributed by atoms with E-state index in [1.54, 1.807) is 12.1 Å². The molecule has 0 spiro atoms. The second-order valence-electron chi connectivity index (χ2n) is 8.42. The van der Waals surface area contributed by atoms with Crippen molar-refractivity contribution in [2.45, 2.75) is 32.9 Å². The third-order valence-electron chi connectivity index (χ3n) is 5.04. The van der Waals surface area contributed by atoms with Crippen molar-refractivity contribution in [2.24, 2.45) is 0 Å². The number of hydrogen-bond acceptors (Lipinski definition) is 3. The molecule has 2 heterocycles. The van der Waals surface area contributed by atoms with Gasteiger partial charge in [0.1, 0.15) is 5.82 Å². The average molecular weight is 432 g/mol. The predicted octanol–water partition coefficient (Wildman–Crippen LogP) is 5.24. The van der Waals surface area contributed by atoms with Crippen molar-refractivity contribution < 1.29 is 4.79 Å². The zero-order valence-electron chi connectivity index (χ0n) is 17.5. The van der Waals surface area contributed by atoms with Crippen LogP contribution >= 0.6 is 11.6 Å². The van der Waals surface area contributed by atoms with Crippen LogP contribution in [0.2, 0.25) is 5.02 Å². The van der Waals surface area contributed by atoms with Gasteiger partial charge in [-0.05, 0) is 68.3 Å². The van der Waals surface area contributed by atoms with Gasteiger partial charge in [-0.3, -0.25) is 4.79 Å². The molecule has 0 bridgehead atoms. The molecule has 0 fully saturated rings. The molecule has 31 heavy (non-hydrogen) atoms. The fraction of sp³-hybridized carbons (Fsp3) is 0.208. The number of aromatic amines is 1. The van der Waals surface area contributed by atoms with Crippen LogP contribution in [0.3, 0.4) is 0 Å². The Morgan fingerprint density at radius 2 is 2.00 bits per heavy atom. The Balaban J connectivity index is 1.51. The van der Waals surface area contributed by atoms with E-state index in [4.69, 9.17) is 11.6 Å². The van der Waals surface area contributed by atoms with E-state index >= 15 is 0 Å². The molecule has 1 amide bonds. The number of hydrogen-bond donors (Lipinski definition) is 2. The SMILES string of the molecule is CC(C)(C)n1ccc(C(=O)NCc2nc3ccc(-c4cc(Cl)cc(C#N)c4)cc3[nH]2)c1. The molecule has 4 rings (SSSR count). The molecule has 2 N–H and O–H groups in total. The van der Waals surface area contributed by atoms with Crippen molar-refractivity contribution >= 4 is 28.5 Å². The van der Waals surface area contributed by atoms with E-state index < -0.39 is 0 Å². The molecule has 4 aromatic rings. The quantitative estimate of drug-likeness (QED) is 0.463. The van der Waals surface area contributed by atoms with Gasteiger partial charge in [0, 0.05) is 23.0 Å². The molecule has 0 aliphatic rings. The van der Waals surface area contributed by atoms with Gasteiger partial charge in [0.25, 0.3) is 5.91 Å². The van der Waals surface area contributed by atoms with Crippen LogP contribution in [0.15, 0.2) is 54.9 Å². The van der Waals surface area contributed by atoms with Gasteiger partial charge in [-0.15, -0.1) is 0 Å². The highest BCUT2D eigenvalue weighted by molar-refractivity contribution is 6.31. The molecule has 2 aromatic heterocycles. The third-order valence-corrected chi connectivity index (χ3v) is 5.26. The number of benzene rings is 2. The van der Waals surface area contributed by atoms with Gasteiger partial charge < -0.3 is 14.9 Å². The smallest absolute Gasteiger partial charge is 0.253 e. The van der Waals surface area contributed by atoms with Crippen molar-refractivity contribution in [3.63, 3.8) is 0 Å². The maximum absolute atomic E-state index is 12.5. The van der Waals surface area contributed by atoms with Crippen molar-refractivity contribution in [2.75, 3.05) is 0 Å². The van der Waals surface area contributed by atoms with E-state index in [2.05, 4.69) is 42.1 Å². The highest BCUT2D eigenvalue weighted by Crippen LogP contribution is 2.27. The van der Waals surface area contributed by atoms with E-state index in [1.807, 2.05) is 47.3 Å². The van der Waals surface area contributed by atoms with E-state index in [0.717, 1.165) is 22.2 Å². The summed E-state index contributed by atoms with van der Waals surface area (Å²) in [4.78, 5) is 20.3. The minimum atomic E-state index is -0.146. The lowest BCUT2D eigenvalue weighted by atomic mass is 10.0. The molecule has 0 unspecified atom stereocenters. The lowest BCUT2D eigenvalue weighted by Crippen LogP contribution is -2.24. The Bertz CT molecular complexity index is 1320. The Hall–Kier alpha value is -3.56. The highest BCUT2D eigenvalue weighted by atomic mass is 35.5. The standard InChI is InChI=1S/C24H22ClN5O/c1-24(2,3)30-7-6-17(14-30)23(31)27-13-22-28-20-5-4-16(11-21(20)29-22)18-8-15(12-26)9-19(25)10-18/h4-11,14H,13H2,1-3H3,(H,27,31)(H,28,29). The predicted molar refractivity (Wildman–Crippen MR) is 122 cm³/mol. The van der Waals surface area contributed by atoms with Gasteiger partial charge in [0.15, 0.2) is 0 Å². The van der Waals surface area contributed by atoms with Gasteiger partial charge in [0.05, 0.1) is 34.8 Å². The van der Waals surface area contributed by atoms with Gasteiger partial charge in [-0.1, -0.05) is 17.7 Å². The summed E-state index contributed by atoms with van der Waals surface area (Å²) in [6.07, 6.45) is 3.76. The second kappa shape index (κ2) is 7.93. The number of nitrogens with zero attached hydrogens (tertiary/aromatic N) is 3. The average Bonchev–Trinajstić information content (AvgIpc) is 3.37. The molecule has 7 heteroatoms. The van der Waals surface area contributed by atoms with Gasteiger partial charge in [-0.2, -0.15) is 5.26 Å². The first-order valence-corrected chi connectivity index (χ1v) is 10.3. The fourth-order valence-corrected chi connectivity index (χ4v) is 3.60. The van der Waals surface area contributed by atoms with E-state index in [-0.39, 0.29) is 11.4 Å². The lowest BCUT2D eigenvalue weighted by Gasteiger charge is -2.20. The minimum absolute atomic E-state index is 0.0774. The molecule has 0 saturated carbocycles. The number of H-pyrrole nitrogens is 1. The second-order valence-corrected chi connectivity index (χ2v) is 8.85. The third kappa shape index (κ3) is 4.47. The number of amides is 1. The van der Waals surface area contributed by atoms with Gasteiger partial charge >= 0.3 is 0 Å². The van der Waals surface area contributed by atoms with Crippen LogP contribution in [-0.2, 0) is 12.1 Å². The minimum Gasteiger partial charge on any atom is -0.348 e. The Kier molecular flexibility index (Phi) is 5.30.